The van der Waals surface area contributed by atoms with Gasteiger partial charge >= 0.3 is 0 Å². The Kier molecular flexibility index (Phi) is 9.16. The summed E-state index contributed by atoms with van der Waals surface area (Å²) in [6, 6.07) is 15.7. The lowest BCUT2D eigenvalue weighted by Gasteiger charge is -2.48. The van der Waals surface area contributed by atoms with Gasteiger partial charge in [0, 0.05) is 65.1 Å². The van der Waals surface area contributed by atoms with Crippen molar-refractivity contribution in [2.75, 3.05) is 45.7 Å². The monoisotopic (exact) mass is 548 g/mol. The Morgan fingerprint density at radius 1 is 1.12 bits per heavy atom. The maximum absolute atomic E-state index is 4.61. The fourth-order valence-electron chi connectivity index (χ4n) is 5.19. The van der Waals surface area contributed by atoms with Gasteiger partial charge in [-0.25, -0.2) is 4.98 Å². The molecule has 0 radical (unpaired) electrons. The molecule has 6 nitrogen and oxygen atoms in total. The highest BCUT2D eigenvalue weighted by Gasteiger charge is 2.36. The van der Waals surface area contributed by atoms with Gasteiger partial charge in [0.25, 0.3) is 0 Å². The maximum atomic E-state index is 4.61. The Balaban J connectivity index is 0.00000289. The van der Waals surface area contributed by atoms with Crippen LogP contribution in [0.2, 0.25) is 0 Å². The molecule has 2 aliphatic rings. The SMILES string of the molecule is CN=C(NCc1cccnc1N(C)C)N1CCC2C(CCCN2Cc2ccccc2)C1.I. The first-order valence-electron chi connectivity index (χ1n) is 11.5. The molecule has 2 saturated heterocycles. The van der Waals surface area contributed by atoms with Gasteiger partial charge in [0.05, 0.1) is 0 Å². The fourth-order valence-corrected chi connectivity index (χ4v) is 5.19. The van der Waals surface area contributed by atoms with Crippen molar-refractivity contribution in [1.29, 1.82) is 0 Å². The zero-order chi connectivity index (χ0) is 21.6. The number of piperidine rings is 2. The predicted octanol–water partition coefficient (Wildman–Crippen LogP) is 3.83. The molecule has 1 aromatic carbocycles. The lowest BCUT2D eigenvalue weighted by molar-refractivity contribution is 0.0372. The molecule has 0 saturated carbocycles. The van der Waals surface area contributed by atoms with Gasteiger partial charge in [-0.15, -0.1) is 24.0 Å². The second-order valence-electron chi connectivity index (χ2n) is 8.94. The van der Waals surface area contributed by atoms with E-state index in [-0.39, 0.29) is 24.0 Å². The van der Waals surface area contributed by atoms with Crippen LogP contribution in [0.3, 0.4) is 0 Å². The van der Waals surface area contributed by atoms with Crippen LogP contribution in [0.1, 0.15) is 30.4 Å². The van der Waals surface area contributed by atoms with Crippen molar-refractivity contribution in [3.63, 3.8) is 0 Å². The summed E-state index contributed by atoms with van der Waals surface area (Å²) >= 11 is 0. The molecule has 7 heteroatoms. The number of benzene rings is 1. The minimum absolute atomic E-state index is 0. The van der Waals surface area contributed by atoms with Crippen molar-refractivity contribution in [3.05, 3.63) is 59.8 Å². The molecule has 2 aliphatic heterocycles. The predicted molar refractivity (Wildman–Crippen MR) is 144 cm³/mol. The molecule has 0 bridgehead atoms. The van der Waals surface area contributed by atoms with Gasteiger partial charge < -0.3 is 15.1 Å². The Labute approximate surface area is 210 Å². The third kappa shape index (κ3) is 5.92. The first-order valence-corrected chi connectivity index (χ1v) is 11.5. The summed E-state index contributed by atoms with van der Waals surface area (Å²) in [5.41, 5.74) is 2.62. The van der Waals surface area contributed by atoms with E-state index in [4.69, 9.17) is 0 Å². The second kappa shape index (κ2) is 11.8. The molecule has 2 fully saturated rings. The summed E-state index contributed by atoms with van der Waals surface area (Å²) in [6.07, 6.45) is 5.66. The van der Waals surface area contributed by atoms with Crippen LogP contribution >= 0.6 is 24.0 Å². The standard InChI is InChI=1S/C25H36N6.HI/c1-26-25(28-17-21-11-7-14-27-24(21)29(2)3)31-16-13-23-22(19-31)12-8-15-30(23)18-20-9-5-4-6-10-20;/h4-7,9-11,14,22-23H,8,12-13,15-19H2,1-3H3,(H,26,28);1H. The minimum atomic E-state index is 0. The van der Waals surface area contributed by atoms with E-state index in [1.807, 2.05) is 33.4 Å². The van der Waals surface area contributed by atoms with E-state index in [2.05, 4.69) is 66.4 Å². The summed E-state index contributed by atoms with van der Waals surface area (Å²) in [6.45, 7) is 5.17. The van der Waals surface area contributed by atoms with Gasteiger partial charge in [0.1, 0.15) is 5.82 Å². The number of aliphatic imine (C=N–C) groups is 1. The molecule has 2 unspecified atom stereocenters. The van der Waals surface area contributed by atoms with Crippen molar-refractivity contribution in [1.82, 2.24) is 20.1 Å². The zero-order valence-corrected chi connectivity index (χ0v) is 21.9. The normalized spacial score (nSPS) is 21.5. The number of fused-ring (bicyclic) bond motifs is 1. The number of hydrogen-bond donors (Lipinski definition) is 1. The van der Waals surface area contributed by atoms with E-state index < -0.39 is 0 Å². The molecule has 2 atom stereocenters. The van der Waals surface area contributed by atoms with Gasteiger partial charge in [-0.3, -0.25) is 9.89 Å². The average molecular weight is 549 g/mol. The number of hydrogen-bond acceptors (Lipinski definition) is 4. The molecule has 3 heterocycles. The minimum Gasteiger partial charge on any atom is -0.362 e. The highest BCUT2D eigenvalue weighted by Crippen LogP contribution is 2.31. The number of likely N-dealkylation sites (tertiary alicyclic amines) is 2. The highest BCUT2D eigenvalue weighted by molar-refractivity contribution is 14.0. The Hall–Kier alpha value is -1.87. The second-order valence-corrected chi connectivity index (χ2v) is 8.94. The number of aromatic nitrogens is 1. The molecule has 2 aromatic rings. The molecule has 32 heavy (non-hydrogen) atoms. The Morgan fingerprint density at radius 2 is 1.94 bits per heavy atom. The van der Waals surface area contributed by atoms with Crippen LogP contribution in [-0.4, -0.2) is 67.6 Å². The fraction of sp³-hybridized carbons (Fsp3) is 0.520. The van der Waals surface area contributed by atoms with Crippen LogP contribution in [0.25, 0.3) is 0 Å². The van der Waals surface area contributed by atoms with E-state index in [0.29, 0.717) is 12.0 Å². The summed E-state index contributed by atoms with van der Waals surface area (Å²) in [5.74, 6) is 2.72. The van der Waals surface area contributed by atoms with E-state index in [1.54, 1.807) is 0 Å². The zero-order valence-electron chi connectivity index (χ0n) is 19.6. The molecule has 4 rings (SSSR count). The van der Waals surface area contributed by atoms with Crippen LogP contribution in [0.5, 0.6) is 0 Å². The van der Waals surface area contributed by atoms with Crippen LogP contribution in [0.4, 0.5) is 5.82 Å². The van der Waals surface area contributed by atoms with Gasteiger partial charge in [-0.2, -0.15) is 0 Å². The number of halogens is 1. The van der Waals surface area contributed by atoms with Crippen LogP contribution in [0.15, 0.2) is 53.7 Å². The van der Waals surface area contributed by atoms with Crippen LogP contribution < -0.4 is 10.2 Å². The third-order valence-corrected chi connectivity index (χ3v) is 6.65. The largest absolute Gasteiger partial charge is 0.362 e. The molecule has 1 N–H and O–H groups in total. The first kappa shape index (κ1) is 24.8. The smallest absolute Gasteiger partial charge is 0.193 e. The average Bonchev–Trinajstić information content (AvgIpc) is 2.80. The Bertz CT molecular complexity index is 872. The molecule has 1 aromatic heterocycles. The molecule has 174 valence electrons. The molecule has 0 amide bonds. The molecular weight excluding hydrogens is 511 g/mol. The topological polar surface area (TPSA) is 47.0 Å². The van der Waals surface area contributed by atoms with Gasteiger partial charge in [0.15, 0.2) is 5.96 Å². The number of nitrogens with zero attached hydrogens (tertiary/aromatic N) is 5. The van der Waals surface area contributed by atoms with Gasteiger partial charge in [0.2, 0.25) is 0 Å². The number of anilines is 1. The number of pyridine rings is 1. The van der Waals surface area contributed by atoms with Crippen LogP contribution in [-0.2, 0) is 13.1 Å². The first-order chi connectivity index (χ1) is 15.2. The van der Waals surface area contributed by atoms with Gasteiger partial charge in [-0.05, 0) is 43.4 Å². The summed E-state index contributed by atoms with van der Waals surface area (Å²) < 4.78 is 0. The molecular formula is C25H37IN6. The van der Waals surface area contributed by atoms with E-state index in [9.17, 15) is 0 Å². The van der Waals surface area contributed by atoms with E-state index in [0.717, 1.165) is 38.0 Å². The van der Waals surface area contributed by atoms with Crippen molar-refractivity contribution in [2.45, 2.75) is 38.4 Å². The Morgan fingerprint density at radius 3 is 2.69 bits per heavy atom. The molecule has 0 spiro atoms. The van der Waals surface area contributed by atoms with Gasteiger partial charge in [-0.1, -0.05) is 36.4 Å². The number of guanidine groups is 1. The maximum Gasteiger partial charge on any atom is 0.193 e. The molecule has 0 aliphatic carbocycles. The summed E-state index contributed by atoms with van der Waals surface area (Å²) in [4.78, 5) is 16.4. The van der Waals surface area contributed by atoms with Crippen molar-refractivity contribution < 1.29 is 0 Å². The third-order valence-electron chi connectivity index (χ3n) is 6.65. The van der Waals surface area contributed by atoms with E-state index in [1.165, 1.54) is 36.9 Å². The van der Waals surface area contributed by atoms with Crippen molar-refractivity contribution in [2.24, 2.45) is 10.9 Å². The summed E-state index contributed by atoms with van der Waals surface area (Å²) in [5, 5.41) is 3.59. The van der Waals surface area contributed by atoms with Crippen LogP contribution in [0, 0.1) is 5.92 Å². The quantitative estimate of drug-likeness (QED) is 0.350. The lowest BCUT2D eigenvalue weighted by atomic mass is 9.83. The number of rotatable bonds is 5. The highest BCUT2D eigenvalue weighted by atomic mass is 127. The van der Waals surface area contributed by atoms with Crippen molar-refractivity contribution >= 4 is 35.8 Å². The lowest BCUT2D eigenvalue weighted by Crippen LogP contribution is -2.56. The van der Waals surface area contributed by atoms with Crippen molar-refractivity contribution in [3.8, 4) is 0 Å². The van der Waals surface area contributed by atoms with E-state index >= 15 is 0 Å². The summed E-state index contributed by atoms with van der Waals surface area (Å²) in [7, 11) is 5.97. The number of nitrogens with one attached hydrogen (secondary N) is 1.